The number of ether oxygens (including phenoxy) is 2. The molecule has 0 aromatic heterocycles. The topological polar surface area (TPSA) is 47.6 Å². The molecule has 0 amide bonds. The molecule has 82 valence electrons. The van der Waals surface area contributed by atoms with Crippen LogP contribution >= 0.6 is 0 Å². The monoisotopic (exact) mass is 201 g/mol. The number of carbonyl (C=O) groups is 1. The van der Waals surface area contributed by atoms with Crippen LogP contribution in [0, 0.1) is 5.41 Å². The van der Waals surface area contributed by atoms with E-state index in [4.69, 9.17) is 9.47 Å². The van der Waals surface area contributed by atoms with E-state index >= 15 is 0 Å². The van der Waals surface area contributed by atoms with Crippen LogP contribution < -0.4 is 5.32 Å². The maximum atomic E-state index is 11.6. The molecule has 1 heterocycles. The molecule has 4 nitrogen and oxygen atoms in total. The van der Waals surface area contributed by atoms with Gasteiger partial charge in [0.2, 0.25) is 0 Å². The normalized spacial score (nSPS) is 26.4. The van der Waals surface area contributed by atoms with Crippen LogP contribution in [0.4, 0.5) is 0 Å². The van der Waals surface area contributed by atoms with Gasteiger partial charge in [-0.25, -0.2) is 0 Å². The summed E-state index contributed by atoms with van der Waals surface area (Å²) < 4.78 is 10.0. The predicted molar refractivity (Wildman–Crippen MR) is 53.0 cm³/mol. The molecule has 1 rings (SSSR count). The molecule has 1 atom stereocenters. The lowest BCUT2D eigenvalue weighted by molar-refractivity contribution is -0.154. The summed E-state index contributed by atoms with van der Waals surface area (Å²) in [5.41, 5.74) is -0.312. The maximum Gasteiger partial charge on any atom is 0.313 e. The molecule has 14 heavy (non-hydrogen) atoms. The van der Waals surface area contributed by atoms with Gasteiger partial charge >= 0.3 is 5.97 Å². The Hall–Kier alpha value is -0.610. The van der Waals surface area contributed by atoms with Gasteiger partial charge < -0.3 is 14.8 Å². The van der Waals surface area contributed by atoms with Crippen molar-refractivity contribution >= 4 is 5.97 Å². The zero-order valence-corrected chi connectivity index (χ0v) is 8.97. The number of hydrogen-bond donors (Lipinski definition) is 1. The average molecular weight is 201 g/mol. The summed E-state index contributed by atoms with van der Waals surface area (Å²) in [6, 6.07) is 0. The van der Waals surface area contributed by atoms with Gasteiger partial charge in [-0.1, -0.05) is 0 Å². The van der Waals surface area contributed by atoms with Crippen molar-refractivity contribution in [1.29, 1.82) is 0 Å². The van der Waals surface area contributed by atoms with E-state index in [1.54, 1.807) is 7.11 Å². The minimum atomic E-state index is -0.312. The third-order valence-corrected chi connectivity index (χ3v) is 2.59. The molecular formula is C10H19NO3. The van der Waals surface area contributed by atoms with Crippen LogP contribution in [0.3, 0.4) is 0 Å². The molecule has 4 heteroatoms. The molecule has 0 saturated carbocycles. The fraction of sp³-hybridized carbons (Fsp3) is 0.900. The van der Waals surface area contributed by atoms with Crippen LogP contribution in [0.2, 0.25) is 0 Å². The Morgan fingerprint density at radius 3 is 2.86 bits per heavy atom. The predicted octanol–water partition coefficient (Wildman–Crippen LogP) is 0.566. The molecule has 1 fully saturated rings. The smallest absolute Gasteiger partial charge is 0.313 e. The Morgan fingerprint density at radius 1 is 1.50 bits per heavy atom. The van der Waals surface area contributed by atoms with E-state index in [0.717, 1.165) is 25.9 Å². The second-order valence-electron chi connectivity index (χ2n) is 3.97. The lowest BCUT2D eigenvalue weighted by Crippen LogP contribution is -2.32. The summed E-state index contributed by atoms with van der Waals surface area (Å²) in [5, 5.41) is 3.17. The van der Waals surface area contributed by atoms with Crippen molar-refractivity contribution in [1.82, 2.24) is 5.32 Å². The molecule has 1 N–H and O–H groups in total. The highest BCUT2D eigenvalue weighted by Gasteiger charge is 2.37. The molecule has 0 spiro atoms. The van der Waals surface area contributed by atoms with Gasteiger partial charge in [0.25, 0.3) is 0 Å². The van der Waals surface area contributed by atoms with Crippen LogP contribution in [0.25, 0.3) is 0 Å². The molecular weight excluding hydrogens is 182 g/mol. The Labute approximate surface area is 85.0 Å². The van der Waals surface area contributed by atoms with E-state index in [1.807, 2.05) is 6.92 Å². The van der Waals surface area contributed by atoms with E-state index in [0.29, 0.717) is 13.2 Å². The second kappa shape index (κ2) is 5.32. The summed E-state index contributed by atoms with van der Waals surface area (Å²) in [6.45, 7) is 4.69. The molecule has 1 aliphatic rings. The first-order chi connectivity index (χ1) is 6.69. The second-order valence-corrected chi connectivity index (χ2v) is 3.97. The average Bonchev–Trinajstić information content (AvgIpc) is 2.61. The van der Waals surface area contributed by atoms with Crippen LogP contribution in [0.15, 0.2) is 0 Å². The van der Waals surface area contributed by atoms with E-state index in [1.165, 1.54) is 0 Å². The van der Waals surface area contributed by atoms with E-state index in [-0.39, 0.29) is 11.4 Å². The molecule has 1 unspecified atom stereocenters. The number of esters is 1. The minimum Gasteiger partial charge on any atom is -0.465 e. The number of methoxy groups -OCH3 is 1. The lowest BCUT2D eigenvalue weighted by Gasteiger charge is -2.20. The van der Waals surface area contributed by atoms with Crippen molar-refractivity contribution in [3.05, 3.63) is 0 Å². The Balaban J connectivity index is 2.20. The van der Waals surface area contributed by atoms with Gasteiger partial charge in [0.1, 0.15) is 0 Å². The van der Waals surface area contributed by atoms with Gasteiger partial charge in [-0.3, -0.25) is 4.79 Å². The summed E-state index contributed by atoms with van der Waals surface area (Å²) >= 11 is 0. The highest BCUT2D eigenvalue weighted by atomic mass is 16.5. The summed E-state index contributed by atoms with van der Waals surface area (Å²) in [6.07, 6.45) is 1.64. The fourth-order valence-corrected chi connectivity index (χ4v) is 1.53. The number of nitrogens with one attached hydrogen (secondary N) is 1. The summed E-state index contributed by atoms with van der Waals surface area (Å²) in [7, 11) is 1.64. The molecule has 0 bridgehead atoms. The fourth-order valence-electron chi connectivity index (χ4n) is 1.53. The van der Waals surface area contributed by atoms with E-state index in [9.17, 15) is 4.79 Å². The third-order valence-electron chi connectivity index (χ3n) is 2.59. The maximum absolute atomic E-state index is 11.6. The van der Waals surface area contributed by atoms with Crippen LogP contribution in [0.1, 0.15) is 19.8 Å². The van der Waals surface area contributed by atoms with Crippen molar-refractivity contribution in [2.24, 2.45) is 5.41 Å². The third kappa shape index (κ3) is 2.96. The highest BCUT2D eigenvalue weighted by Crippen LogP contribution is 2.25. The Bertz CT molecular complexity index is 188. The molecule has 0 radical (unpaired) electrons. The van der Waals surface area contributed by atoms with Gasteiger partial charge in [0, 0.05) is 26.7 Å². The van der Waals surface area contributed by atoms with Crippen molar-refractivity contribution in [3.8, 4) is 0 Å². The number of rotatable bonds is 5. The number of hydrogen-bond acceptors (Lipinski definition) is 4. The van der Waals surface area contributed by atoms with Gasteiger partial charge in [-0.05, 0) is 19.9 Å². The molecule has 0 aromatic rings. The van der Waals surface area contributed by atoms with Crippen molar-refractivity contribution in [3.63, 3.8) is 0 Å². The molecule has 1 saturated heterocycles. The standard InChI is InChI=1S/C10H19NO3/c1-10(4-5-11-8-10)9(12)14-7-3-6-13-2/h11H,3-8H2,1-2H3. The van der Waals surface area contributed by atoms with Gasteiger partial charge in [-0.15, -0.1) is 0 Å². The van der Waals surface area contributed by atoms with Gasteiger partial charge in [-0.2, -0.15) is 0 Å². The summed E-state index contributed by atoms with van der Waals surface area (Å²) in [4.78, 5) is 11.6. The first-order valence-corrected chi connectivity index (χ1v) is 5.06. The first-order valence-electron chi connectivity index (χ1n) is 5.06. The molecule has 1 aliphatic heterocycles. The zero-order chi connectivity index (χ0) is 10.4. The summed E-state index contributed by atoms with van der Waals surface area (Å²) in [5.74, 6) is -0.0846. The van der Waals surface area contributed by atoms with Crippen molar-refractivity contribution < 1.29 is 14.3 Å². The lowest BCUT2D eigenvalue weighted by atomic mass is 9.90. The van der Waals surface area contributed by atoms with Gasteiger partial charge in [0.15, 0.2) is 0 Å². The van der Waals surface area contributed by atoms with Crippen LogP contribution in [0.5, 0.6) is 0 Å². The van der Waals surface area contributed by atoms with Crippen molar-refractivity contribution in [2.75, 3.05) is 33.4 Å². The van der Waals surface area contributed by atoms with Crippen LogP contribution in [-0.4, -0.2) is 39.4 Å². The van der Waals surface area contributed by atoms with Crippen LogP contribution in [-0.2, 0) is 14.3 Å². The zero-order valence-electron chi connectivity index (χ0n) is 8.97. The van der Waals surface area contributed by atoms with E-state index in [2.05, 4.69) is 5.32 Å². The Morgan fingerprint density at radius 2 is 2.29 bits per heavy atom. The number of carbonyl (C=O) groups excluding carboxylic acids is 1. The largest absolute Gasteiger partial charge is 0.465 e. The SMILES string of the molecule is COCCCOC(=O)C1(C)CCNC1. The Kier molecular flexibility index (Phi) is 4.35. The van der Waals surface area contributed by atoms with E-state index < -0.39 is 0 Å². The minimum absolute atomic E-state index is 0.0846. The molecule has 0 aromatic carbocycles. The highest BCUT2D eigenvalue weighted by molar-refractivity contribution is 5.77. The molecule has 0 aliphatic carbocycles. The quantitative estimate of drug-likeness (QED) is 0.521. The van der Waals surface area contributed by atoms with Gasteiger partial charge in [0.05, 0.1) is 12.0 Å². The first kappa shape index (κ1) is 11.5. The van der Waals surface area contributed by atoms with Crippen molar-refractivity contribution in [2.45, 2.75) is 19.8 Å².